The van der Waals surface area contributed by atoms with E-state index in [4.69, 9.17) is 4.74 Å². The van der Waals surface area contributed by atoms with Gasteiger partial charge in [0, 0.05) is 6.42 Å². The molecule has 1 aromatic heterocycles. The van der Waals surface area contributed by atoms with Gasteiger partial charge in [-0.2, -0.15) is 0 Å². The van der Waals surface area contributed by atoms with Gasteiger partial charge in [-0.15, -0.1) is 0 Å². The number of hydrogen-bond acceptors (Lipinski definition) is 4. The number of benzene rings is 1. The summed E-state index contributed by atoms with van der Waals surface area (Å²) in [6.45, 7) is 0.273. The summed E-state index contributed by atoms with van der Waals surface area (Å²) in [6, 6.07) is 5.05. The van der Waals surface area contributed by atoms with Gasteiger partial charge in [0.1, 0.15) is 11.9 Å². The van der Waals surface area contributed by atoms with Gasteiger partial charge >= 0.3 is 5.97 Å². The van der Waals surface area contributed by atoms with Crippen LogP contribution in [0.2, 0.25) is 0 Å². The lowest BCUT2D eigenvalue weighted by Crippen LogP contribution is -2.49. The number of amides is 1. The average molecular weight is 317 g/mol. The first-order valence-corrected chi connectivity index (χ1v) is 7.21. The number of halogens is 1. The largest absolute Gasteiger partial charge is 0.467 e. The molecule has 1 aliphatic heterocycles. The lowest BCUT2D eigenvalue weighted by molar-refractivity contribution is -0.153. The number of hydrogen-bond donors (Lipinski definition) is 1. The fraction of sp³-hybridized carbons (Fsp3) is 0.312. The van der Waals surface area contributed by atoms with Gasteiger partial charge in [-0.05, 0) is 17.7 Å². The fourth-order valence-corrected chi connectivity index (χ4v) is 2.72. The molecule has 2 aromatic rings. The molecule has 1 unspecified atom stereocenters. The zero-order valence-corrected chi connectivity index (χ0v) is 12.6. The summed E-state index contributed by atoms with van der Waals surface area (Å²) in [5.74, 6) is -1.04. The summed E-state index contributed by atoms with van der Waals surface area (Å²) in [7, 11) is 1.30. The topological polar surface area (TPSA) is 75.3 Å². The Bertz CT molecular complexity index is 726. The van der Waals surface area contributed by atoms with E-state index < -0.39 is 12.0 Å². The number of carbonyl (C=O) groups is 2. The Labute approximate surface area is 132 Å². The van der Waals surface area contributed by atoms with Gasteiger partial charge in [-0.25, -0.2) is 14.2 Å². The van der Waals surface area contributed by atoms with Crippen molar-refractivity contribution in [2.24, 2.45) is 0 Å². The number of imidazole rings is 1. The van der Waals surface area contributed by atoms with E-state index in [-0.39, 0.29) is 24.7 Å². The highest BCUT2D eigenvalue weighted by atomic mass is 19.1. The van der Waals surface area contributed by atoms with Crippen LogP contribution >= 0.6 is 0 Å². The van der Waals surface area contributed by atoms with Gasteiger partial charge in [0.05, 0.1) is 37.8 Å². The van der Waals surface area contributed by atoms with Crippen LogP contribution in [0, 0.1) is 5.82 Å². The summed E-state index contributed by atoms with van der Waals surface area (Å²) in [4.78, 5) is 33.2. The standard InChI is InChI=1S/C16H16FN3O3/c1-23-16(22)14-7-12-13(19-9-18-12)8-20(14)15(21)6-10-2-4-11(17)5-3-10/h2-5,9,14H,6-8H2,1H3,(H,18,19). The minimum Gasteiger partial charge on any atom is -0.467 e. The van der Waals surface area contributed by atoms with Gasteiger partial charge in [-0.1, -0.05) is 12.1 Å². The van der Waals surface area contributed by atoms with E-state index in [0.717, 1.165) is 11.4 Å². The number of carbonyl (C=O) groups excluding carboxylic acids is 2. The third-order valence-electron chi connectivity index (χ3n) is 3.96. The molecule has 1 atom stereocenters. The fourth-order valence-electron chi connectivity index (χ4n) is 2.72. The zero-order chi connectivity index (χ0) is 16.4. The Morgan fingerprint density at radius 2 is 2.13 bits per heavy atom. The first-order chi connectivity index (χ1) is 11.1. The molecule has 120 valence electrons. The van der Waals surface area contributed by atoms with Crippen LogP contribution in [-0.4, -0.2) is 39.9 Å². The molecular weight excluding hydrogens is 301 g/mol. The van der Waals surface area contributed by atoms with Crippen molar-refractivity contribution in [3.8, 4) is 0 Å². The molecule has 2 heterocycles. The van der Waals surface area contributed by atoms with E-state index in [1.54, 1.807) is 18.5 Å². The number of methoxy groups -OCH3 is 1. The number of rotatable bonds is 3. The van der Waals surface area contributed by atoms with Crippen LogP contribution in [0.5, 0.6) is 0 Å². The summed E-state index contributed by atoms with van der Waals surface area (Å²) >= 11 is 0. The summed E-state index contributed by atoms with van der Waals surface area (Å²) in [5, 5.41) is 0. The molecule has 0 aliphatic carbocycles. The van der Waals surface area contributed by atoms with Gasteiger partial charge in [0.25, 0.3) is 0 Å². The zero-order valence-electron chi connectivity index (χ0n) is 12.6. The van der Waals surface area contributed by atoms with Crippen LogP contribution in [0.4, 0.5) is 4.39 Å². The predicted octanol–water partition coefficient (Wildman–Crippen LogP) is 1.22. The van der Waals surface area contributed by atoms with Crippen molar-refractivity contribution in [2.75, 3.05) is 7.11 Å². The van der Waals surface area contributed by atoms with E-state index in [2.05, 4.69) is 9.97 Å². The van der Waals surface area contributed by atoms with Gasteiger partial charge in [-0.3, -0.25) is 4.79 Å². The van der Waals surface area contributed by atoms with E-state index in [9.17, 15) is 14.0 Å². The van der Waals surface area contributed by atoms with Crippen molar-refractivity contribution < 1.29 is 18.7 Å². The lowest BCUT2D eigenvalue weighted by Gasteiger charge is -2.33. The van der Waals surface area contributed by atoms with Gasteiger partial charge in [0.2, 0.25) is 5.91 Å². The first-order valence-electron chi connectivity index (χ1n) is 7.21. The maximum atomic E-state index is 13.0. The second-order valence-corrected chi connectivity index (χ2v) is 5.40. The number of esters is 1. The Hall–Kier alpha value is -2.70. The molecule has 7 heteroatoms. The monoisotopic (exact) mass is 317 g/mol. The van der Waals surface area contributed by atoms with Crippen molar-refractivity contribution in [3.05, 3.63) is 53.4 Å². The third-order valence-corrected chi connectivity index (χ3v) is 3.96. The normalized spacial score (nSPS) is 16.8. The number of nitrogens with one attached hydrogen (secondary N) is 1. The lowest BCUT2D eigenvalue weighted by atomic mass is 10.0. The van der Waals surface area contributed by atoms with Crippen LogP contribution < -0.4 is 0 Å². The molecule has 1 amide bonds. The van der Waals surface area contributed by atoms with Crippen LogP contribution in [-0.2, 0) is 33.7 Å². The Morgan fingerprint density at radius 1 is 1.39 bits per heavy atom. The van der Waals surface area contributed by atoms with Gasteiger partial charge < -0.3 is 14.6 Å². The SMILES string of the molecule is COC(=O)C1Cc2nc[nH]c2CN1C(=O)Cc1ccc(F)cc1. The number of nitrogens with zero attached hydrogens (tertiary/aromatic N) is 2. The minimum absolute atomic E-state index is 0.0945. The minimum atomic E-state index is -0.691. The van der Waals surface area contributed by atoms with Crippen molar-refractivity contribution >= 4 is 11.9 Å². The molecule has 0 saturated heterocycles. The summed E-state index contributed by atoms with van der Waals surface area (Å²) in [5.41, 5.74) is 2.28. The van der Waals surface area contributed by atoms with E-state index in [1.807, 2.05) is 0 Å². The number of H-pyrrole nitrogens is 1. The van der Waals surface area contributed by atoms with Crippen molar-refractivity contribution in [1.82, 2.24) is 14.9 Å². The smallest absolute Gasteiger partial charge is 0.329 e. The molecule has 3 rings (SSSR count). The van der Waals surface area contributed by atoms with E-state index in [1.165, 1.54) is 24.1 Å². The van der Waals surface area contributed by atoms with Crippen LogP contribution in [0.3, 0.4) is 0 Å². The maximum Gasteiger partial charge on any atom is 0.329 e. The molecule has 1 aromatic carbocycles. The number of fused-ring (bicyclic) bond motifs is 1. The Morgan fingerprint density at radius 3 is 2.83 bits per heavy atom. The molecule has 0 bridgehead atoms. The van der Waals surface area contributed by atoms with Crippen LogP contribution in [0.15, 0.2) is 30.6 Å². The molecular formula is C16H16FN3O3. The Balaban J connectivity index is 1.81. The maximum absolute atomic E-state index is 13.0. The van der Waals surface area contributed by atoms with Crippen molar-refractivity contribution in [1.29, 1.82) is 0 Å². The molecule has 6 nitrogen and oxygen atoms in total. The number of aromatic amines is 1. The molecule has 0 fully saturated rings. The summed E-state index contributed by atoms with van der Waals surface area (Å²) < 4.78 is 17.8. The molecule has 0 spiro atoms. The second kappa shape index (κ2) is 6.20. The van der Waals surface area contributed by atoms with Gasteiger partial charge in [0.15, 0.2) is 0 Å². The van der Waals surface area contributed by atoms with Crippen molar-refractivity contribution in [2.45, 2.75) is 25.4 Å². The Kier molecular flexibility index (Phi) is 4.10. The molecule has 0 radical (unpaired) electrons. The third kappa shape index (κ3) is 3.08. The highest BCUT2D eigenvalue weighted by molar-refractivity contribution is 5.86. The summed E-state index contributed by atoms with van der Waals surface area (Å²) in [6.07, 6.45) is 1.96. The molecule has 23 heavy (non-hydrogen) atoms. The number of ether oxygens (including phenoxy) is 1. The highest BCUT2D eigenvalue weighted by Gasteiger charge is 2.36. The van der Waals surface area contributed by atoms with Crippen molar-refractivity contribution in [3.63, 3.8) is 0 Å². The van der Waals surface area contributed by atoms with Crippen LogP contribution in [0.25, 0.3) is 0 Å². The highest BCUT2D eigenvalue weighted by Crippen LogP contribution is 2.22. The first kappa shape index (κ1) is 15.2. The second-order valence-electron chi connectivity index (χ2n) is 5.40. The molecule has 0 saturated carbocycles. The van der Waals surface area contributed by atoms with E-state index in [0.29, 0.717) is 12.0 Å². The number of aromatic nitrogens is 2. The van der Waals surface area contributed by atoms with Crippen LogP contribution in [0.1, 0.15) is 17.0 Å². The predicted molar refractivity (Wildman–Crippen MR) is 78.7 cm³/mol. The molecule has 1 N–H and O–H groups in total. The quantitative estimate of drug-likeness (QED) is 0.864. The molecule has 1 aliphatic rings. The average Bonchev–Trinajstić information content (AvgIpc) is 3.02. The van der Waals surface area contributed by atoms with E-state index >= 15 is 0 Å².